The van der Waals surface area contributed by atoms with E-state index in [0.29, 0.717) is 11.4 Å². The van der Waals surface area contributed by atoms with Crippen LogP contribution in [0, 0.1) is 11.3 Å². The molecule has 6 nitrogen and oxygen atoms in total. The fraction of sp³-hybridized carbons (Fsp3) is 0.222. The van der Waals surface area contributed by atoms with Crippen molar-refractivity contribution in [2.45, 2.75) is 12.6 Å². The molecule has 124 valence electrons. The maximum absolute atomic E-state index is 12.4. The van der Waals surface area contributed by atoms with Gasteiger partial charge in [0.15, 0.2) is 0 Å². The largest absolute Gasteiger partial charge is 0.497 e. The van der Waals surface area contributed by atoms with Crippen LogP contribution in [0.15, 0.2) is 54.6 Å². The van der Waals surface area contributed by atoms with Crippen LogP contribution in [0.2, 0.25) is 0 Å². The molecule has 2 aromatic rings. The first-order chi connectivity index (χ1) is 11.6. The van der Waals surface area contributed by atoms with Crippen LogP contribution in [0.5, 0.6) is 5.75 Å². The van der Waals surface area contributed by atoms with Gasteiger partial charge in [-0.05, 0) is 29.8 Å². The maximum Gasteiger partial charge on any atom is 0.414 e. The molecular weight excluding hydrogens is 306 g/mol. The highest BCUT2D eigenvalue weighted by Crippen LogP contribution is 2.20. The third kappa shape index (κ3) is 4.73. The molecule has 0 saturated heterocycles. The number of benzene rings is 2. The molecule has 0 aliphatic carbocycles. The van der Waals surface area contributed by atoms with Crippen molar-refractivity contribution in [2.75, 3.05) is 18.6 Å². The van der Waals surface area contributed by atoms with Crippen molar-refractivity contribution in [3.8, 4) is 11.8 Å². The number of ether oxygens (including phenoxy) is 2. The number of carbonyl (C=O) groups is 1. The van der Waals surface area contributed by atoms with Gasteiger partial charge in [-0.1, -0.05) is 30.3 Å². The van der Waals surface area contributed by atoms with Crippen molar-refractivity contribution < 1.29 is 14.3 Å². The number of nitriles is 1. The highest BCUT2D eigenvalue weighted by Gasteiger charge is 2.20. The predicted octanol–water partition coefficient (Wildman–Crippen LogP) is 2.69. The maximum atomic E-state index is 12.4. The summed E-state index contributed by atoms with van der Waals surface area (Å²) < 4.78 is 10.4. The quantitative estimate of drug-likeness (QED) is 0.882. The Morgan fingerprint density at radius 1 is 1.21 bits per heavy atom. The third-order valence-corrected chi connectivity index (χ3v) is 3.35. The van der Waals surface area contributed by atoms with Gasteiger partial charge in [0, 0.05) is 5.69 Å². The lowest BCUT2D eigenvalue weighted by molar-refractivity contribution is 0.147. The monoisotopic (exact) mass is 325 g/mol. The first-order valence-corrected chi connectivity index (χ1v) is 7.41. The normalized spacial score (nSPS) is 11.2. The minimum Gasteiger partial charge on any atom is -0.497 e. The van der Waals surface area contributed by atoms with Gasteiger partial charge in [0.2, 0.25) is 0 Å². The summed E-state index contributed by atoms with van der Waals surface area (Å²) in [7, 11) is 1.56. The summed E-state index contributed by atoms with van der Waals surface area (Å²) in [4.78, 5) is 13.8. The van der Waals surface area contributed by atoms with Crippen molar-refractivity contribution >= 4 is 11.8 Å². The van der Waals surface area contributed by atoms with Crippen molar-refractivity contribution in [2.24, 2.45) is 5.73 Å². The second kappa shape index (κ2) is 8.56. The highest BCUT2D eigenvalue weighted by atomic mass is 16.6. The molecule has 1 atom stereocenters. The Kier molecular flexibility index (Phi) is 6.17. The molecule has 24 heavy (non-hydrogen) atoms. The molecule has 0 radical (unpaired) electrons. The summed E-state index contributed by atoms with van der Waals surface area (Å²) >= 11 is 0. The fourth-order valence-corrected chi connectivity index (χ4v) is 2.08. The SMILES string of the molecule is COc1ccc(N(CC(N)C#N)C(=O)OCc2ccccc2)cc1. The molecule has 0 spiro atoms. The molecule has 0 bridgehead atoms. The van der Waals surface area contributed by atoms with Gasteiger partial charge in [-0.3, -0.25) is 4.90 Å². The Bertz CT molecular complexity index is 696. The van der Waals surface area contributed by atoms with E-state index in [1.165, 1.54) is 4.90 Å². The van der Waals surface area contributed by atoms with E-state index >= 15 is 0 Å². The number of methoxy groups -OCH3 is 1. The number of hydrogen-bond donors (Lipinski definition) is 1. The second-order valence-corrected chi connectivity index (χ2v) is 5.08. The fourth-order valence-electron chi connectivity index (χ4n) is 2.08. The Hall–Kier alpha value is -3.04. The zero-order valence-electron chi connectivity index (χ0n) is 13.4. The molecule has 6 heteroatoms. The standard InChI is InChI=1S/C18H19N3O3/c1-23-17-9-7-16(8-10-17)21(12-15(20)11-19)18(22)24-13-14-5-3-2-4-6-14/h2-10,15H,12-13,20H2,1H3. The first kappa shape index (κ1) is 17.3. The van der Waals surface area contributed by atoms with E-state index < -0.39 is 12.1 Å². The molecule has 1 unspecified atom stereocenters. The lowest BCUT2D eigenvalue weighted by Gasteiger charge is -2.23. The zero-order valence-corrected chi connectivity index (χ0v) is 13.4. The summed E-state index contributed by atoms with van der Waals surface area (Å²) in [5.74, 6) is 0.668. The Balaban J connectivity index is 2.12. The smallest absolute Gasteiger partial charge is 0.414 e. The topological polar surface area (TPSA) is 88.6 Å². The van der Waals surface area contributed by atoms with Crippen LogP contribution in [-0.4, -0.2) is 25.8 Å². The zero-order chi connectivity index (χ0) is 17.4. The van der Waals surface area contributed by atoms with Crippen molar-refractivity contribution in [1.82, 2.24) is 0 Å². The van der Waals surface area contributed by atoms with Crippen LogP contribution in [0.4, 0.5) is 10.5 Å². The average molecular weight is 325 g/mol. The second-order valence-electron chi connectivity index (χ2n) is 5.08. The number of anilines is 1. The number of carbonyl (C=O) groups excluding carboxylic acids is 1. The van der Waals surface area contributed by atoms with E-state index in [4.69, 9.17) is 20.5 Å². The summed E-state index contributed by atoms with van der Waals surface area (Å²) in [5.41, 5.74) is 7.14. The van der Waals surface area contributed by atoms with E-state index in [2.05, 4.69) is 0 Å². The molecule has 2 N–H and O–H groups in total. The van der Waals surface area contributed by atoms with Gasteiger partial charge >= 0.3 is 6.09 Å². The van der Waals surface area contributed by atoms with Crippen LogP contribution in [-0.2, 0) is 11.3 Å². The number of nitrogens with zero attached hydrogens (tertiary/aromatic N) is 2. The highest BCUT2D eigenvalue weighted by molar-refractivity contribution is 5.87. The van der Waals surface area contributed by atoms with Crippen molar-refractivity contribution in [1.29, 1.82) is 5.26 Å². The Morgan fingerprint density at radius 3 is 2.46 bits per heavy atom. The molecule has 0 heterocycles. The van der Waals surface area contributed by atoms with Gasteiger partial charge in [-0.15, -0.1) is 0 Å². The molecule has 0 aliphatic heterocycles. The minimum absolute atomic E-state index is 0.0381. The lowest BCUT2D eigenvalue weighted by atomic mass is 10.2. The number of hydrogen-bond acceptors (Lipinski definition) is 5. The number of amides is 1. The Labute approximate surface area is 141 Å². The van der Waals surface area contributed by atoms with E-state index in [9.17, 15) is 4.79 Å². The lowest BCUT2D eigenvalue weighted by Crippen LogP contribution is -2.41. The molecule has 2 rings (SSSR count). The summed E-state index contributed by atoms with van der Waals surface area (Å²) in [6.07, 6.45) is -0.560. The van der Waals surface area contributed by atoms with Crippen LogP contribution in [0.3, 0.4) is 0 Å². The van der Waals surface area contributed by atoms with E-state index in [1.807, 2.05) is 36.4 Å². The van der Waals surface area contributed by atoms with Crippen LogP contribution in [0.1, 0.15) is 5.56 Å². The van der Waals surface area contributed by atoms with Crippen molar-refractivity contribution in [3.63, 3.8) is 0 Å². The Morgan fingerprint density at radius 2 is 1.88 bits per heavy atom. The number of nitrogens with two attached hydrogens (primary N) is 1. The van der Waals surface area contributed by atoms with Crippen LogP contribution >= 0.6 is 0 Å². The van der Waals surface area contributed by atoms with Crippen LogP contribution in [0.25, 0.3) is 0 Å². The molecule has 0 aromatic heterocycles. The minimum atomic E-state index is -0.809. The number of rotatable bonds is 6. The van der Waals surface area contributed by atoms with E-state index in [-0.39, 0.29) is 13.2 Å². The summed E-state index contributed by atoms with van der Waals surface area (Å²) in [5, 5.41) is 8.93. The van der Waals surface area contributed by atoms with Gasteiger partial charge < -0.3 is 15.2 Å². The average Bonchev–Trinajstić information content (AvgIpc) is 2.65. The molecule has 0 fully saturated rings. The summed E-state index contributed by atoms with van der Waals surface area (Å²) in [6, 6.07) is 17.4. The van der Waals surface area contributed by atoms with E-state index in [1.54, 1.807) is 31.4 Å². The van der Waals surface area contributed by atoms with Gasteiger partial charge in [-0.25, -0.2) is 4.79 Å². The van der Waals surface area contributed by atoms with E-state index in [0.717, 1.165) is 5.56 Å². The summed E-state index contributed by atoms with van der Waals surface area (Å²) in [6.45, 7) is 0.185. The molecule has 0 aliphatic rings. The van der Waals surface area contributed by atoms with Gasteiger partial charge in [-0.2, -0.15) is 5.26 Å². The van der Waals surface area contributed by atoms with Gasteiger partial charge in [0.25, 0.3) is 0 Å². The molecule has 2 aromatic carbocycles. The van der Waals surface area contributed by atoms with Gasteiger partial charge in [0.05, 0.1) is 19.7 Å². The molecular formula is C18H19N3O3. The first-order valence-electron chi connectivity index (χ1n) is 7.41. The molecule has 0 saturated carbocycles. The van der Waals surface area contributed by atoms with Crippen LogP contribution < -0.4 is 15.4 Å². The molecule has 1 amide bonds. The predicted molar refractivity (Wildman–Crippen MR) is 90.6 cm³/mol. The van der Waals surface area contributed by atoms with Crippen molar-refractivity contribution in [3.05, 3.63) is 60.2 Å². The third-order valence-electron chi connectivity index (χ3n) is 3.35. The van der Waals surface area contributed by atoms with Gasteiger partial charge in [0.1, 0.15) is 18.4 Å².